The molecule has 0 fully saturated rings. The van der Waals surface area contributed by atoms with E-state index in [1.54, 1.807) is 12.1 Å². The van der Waals surface area contributed by atoms with E-state index in [0.717, 1.165) is 28.7 Å². The van der Waals surface area contributed by atoms with Crippen LogP contribution in [0.1, 0.15) is 12.5 Å². The van der Waals surface area contributed by atoms with Gasteiger partial charge in [-0.1, -0.05) is 25.1 Å². The number of anilines is 1. The molecule has 0 aliphatic rings. The lowest BCUT2D eigenvalue weighted by Crippen LogP contribution is -2.13. The number of benzene rings is 3. The number of aromatic amines is 2. The molecule has 5 aromatic rings. The molecule has 2 N–H and O–H groups in total. The van der Waals surface area contributed by atoms with Crippen LogP contribution in [-0.2, 0) is 6.42 Å². The second kappa shape index (κ2) is 6.21. The fraction of sp³-hybridized carbons (Fsp3) is 0.167. The van der Waals surface area contributed by atoms with Crippen molar-refractivity contribution in [2.24, 2.45) is 0 Å². The number of hydrogen-bond donors (Lipinski definition) is 2. The Morgan fingerprint density at radius 3 is 1.90 bits per heavy atom. The van der Waals surface area contributed by atoms with E-state index in [1.165, 1.54) is 0 Å². The van der Waals surface area contributed by atoms with Crippen molar-refractivity contribution in [3.63, 3.8) is 0 Å². The van der Waals surface area contributed by atoms with Crippen molar-refractivity contribution >= 4 is 49.3 Å². The lowest BCUT2D eigenvalue weighted by Gasteiger charge is -2.16. The predicted molar refractivity (Wildman–Crippen MR) is 121 cm³/mol. The van der Waals surface area contributed by atoms with Gasteiger partial charge in [0.1, 0.15) is 0 Å². The number of aryl methyl sites for hydroxylation is 1. The van der Waals surface area contributed by atoms with E-state index in [4.69, 9.17) is 0 Å². The Morgan fingerprint density at radius 2 is 1.31 bits per heavy atom. The molecule has 5 heteroatoms. The van der Waals surface area contributed by atoms with Crippen molar-refractivity contribution in [2.45, 2.75) is 13.3 Å². The molecule has 0 unspecified atom stereocenters. The van der Waals surface area contributed by atoms with E-state index >= 15 is 0 Å². The summed E-state index contributed by atoms with van der Waals surface area (Å²) in [5, 5.41) is 2.47. The van der Waals surface area contributed by atoms with Gasteiger partial charge in [0.2, 0.25) is 0 Å². The van der Waals surface area contributed by atoms with E-state index in [-0.39, 0.29) is 10.9 Å². The molecule has 0 atom stereocenters. The summed E-state index contributed by atoms with van der Waals surface area (Å²) in [6, 6.07) is 15.1. The summed E-state index contributed by atoms with van der Waals surface area (Å²) in [7, 11) is 3.89. The van der Waals surface area contributed by atoms with Crippen LogP contribution in [0.2, 0.25) is 0 Å². The third kappa shape index (κ3) is 2.47. The normalized spacial score (nSPS) is 11.7. The van der Waals surface area contributed by atoms with Gasteiger partial charge in [-0.15, -0.1) is 0 Å². The van der Waals surface area contributed by atoms with Crippen LogP contribution in [0.25, 0.3) is 43.6 Å². The first-order valence-corrected chi connectivity index (χ1v) is 9.73. The fourth-order valence-electron chi connectivity index (χ4n) is 4.21. The Bertz CT molecular complexity index is 1560. The standard InChI is InChI=1S/C24H21N3O2/c1-4-13-7-5-8-14-21(13)25-18-11-17-19(12-16(18)23(14)28)26-22-15(24(17)29)9-6-10-20(22)27(2)3/h5-12H,4H2,1-3H3,(H,25,28)(H,26,29). The number of hydrogen-bond acceptors (Lipinski definition) is 3. The Labute approximate surface area is 166 Å². The minimum atomic E-state index is -0.0379. The molecule has 0 bridgehead atoms. The monoisotopic (exact) mass is 383 g/mol. The van der Waals surface area contributed by atoms with Crippen molar-refractivity contribution in [1.29, 1.82) is 0 Å². The third-order valence-electron chi connectivity index (χ3n) is 5.71. The Balaban J connectivity index is 1.97. The summed E-state index contributed by atoms with van der Waals surface area (Å²) in [5.41, 5.74) is 4.94. The fourth-order valence-corrected chi connectivity index (χ4v) is 4.21. The summed E-state index contributed by atoms with van der Waals surface area (Å²) < 4.78 is 0. The van der Waals surface area contributed by atoms with Gasteiger partial charge >= 0.3 is 0 Å². The number of para-hydroxylation sites is 2. The molecule has 2 heterocycles. The smallest absolute Gasteiger partial charge is 0.197 e. The highest BCUT2D eigenvalue weighted by molar-refractivity contribution is 6.04. The van der Waals surface area contributed by atoms with E-state index in [0.29, 0.717) is 32.6 Å². The molecule has 0 radical (unpaired) electrons. The maximum absolute atomic E-state index is 13.2. The van der Waals surface area contributed by atoms with Crippen molar-refractivity contribution < 1.29 is 0 Å². The molecular formula is C24H21N3O2. The van der Waals surface area contributed by atoms with Crippen molar-refractivity contribution in [1.82, 2.24) is 9.97 Å². The van der Waals surface area contributed by atoms with E-state index in [2.05, 4.69) is 16.9 Å². The third-order valence-corrected chi connectivity index (χ3v) is 5.71. The molecule has 5 nitrogen and oxygen atoms in total. The van der Waals surface area contributed by atoms with E-state index in [9.17, 15) is 9.59 Å². The van der Waals surface area contributed by atoms with Crippen LogP contribution < -0.4 is 15.8 Å². The summed E-state index contributed by atoms with van der Waals surface area (Å²) in [6.07, 6.45) is 0.824. The number of H-pyrrole nitrogens is 2. The number of pyridine rings is 2. The summed E-state index contributed by atoms with van der Waals surface area (Å²) >= 11 is 0. The quantitative estimate of drug-likeness (QED) is 0.447. The molecule has 3 aromatic carbocycles. The van der Waals surface area contributed by atoms with Crippen molar-refractivity contribution in [2.75, 3.05) is 19.0 Å². The van der Waals surface area contributed by atoms with Crippen molar-refractivity contribution in [3.8, 4) is 0 Å². The minimum Gasteiger partial charge on any atom is -0.376 e. The Morgan fingerprint density at radius 1 is 0.759 bits per heavy atom. The average Bonchev–Trinajstić information content (AvgIpc) is 2.72. The highest BCUT2D eigenvalue weighted by Crippen LogP contribution is 2.26. The minimum absolute atomic E-state index is 0.0206. The van der Waals surface area contributed by atoms with Gasteiger partial charge in [0.05, 0.1) is 27.8 Å². The number of nitrogens with one attached hydrogen (secondary N) is 2. The first-order valence-electron chi connectivity index (χ1n) is 9.73. The molecule has 144 valence electrons. The highest BCUT2D eigenvalue weighted by Gasteiger charge is 2.14. The Kier molecular flexibility index (Phi) is 3.74. The first-order chi connectivity index (χ1) is 14.0. The van der Waals surface area contributed by atoms with Crippen LogP contribution in [0.15, 0.2) is 58.1 Å². The van der Waals surface area contributed by atoms with Crippen LogP contribution in [-0.4, -0.2) is 24.1 Å². The zero-order chi connectivity index (χ0) is 20.3. The van der Waals surface area contributed by atoms with Gasteiger partial charge in [-0.3, -0.25) is 9.59 Å². The molecule has 0 saturated carbocycles. The summed E-state index contributed by atoms with van der Waals surface area (Å²) in [5.74, 6) is 0. The lowest BCUT2D eigenvalue weighted by atomic mass is 10.0. The molecular weight excluding hydrogens is 362 g/mol. The molecule has 5 rings (SSSR count). The van der Waals surface area contributed by atoms with E-state index in [1.807, 2.05) is 55.4 Å². The average molecular weight is 383 g/mol. The van der Waals surface area contributed by atoms with Gasteiger partial charge in [-0.25, -0.2) is 0 Å². The van der Waals surface area contributed by atoms with Gasteiger partial charge < -0.3 is 14.9 Å². The maximum atomic E-state index is 13.2. The second-order valence-corrected chi connectivity index (χ2v) is 7.64. The highest BCUT2D eigenvalue weighted by atomic mass is 16.1. The molecule has 29 heavy (non-hydrogen) atoms. The topological polar surface area (TPSA) is 69.0 Å². The van der Waals surface area contributed by atoms with Gasteiger partial charge in [0.15, 0.2) is 10.9 Å². The molecule has 0 saturated heterocycles. The van der Waals surface area contributed by atoms with E-state index < -0.39 is 0 Å². The molecule has 2 aromatic heterocycles. The van der Waals surface area contributed by atoms with Gasteiger partial charge in [0.25, 0.3) is 0 Å². The van der Waals surface area contributed by atoms with Crippen LogP contribution in [0.5, 0.6) is 0 Å². The van der Waals surface area contributed by atoms with Gasteiger partial charge in [-0.05, 0) is 42.3 Å². The number of aromatic nitrogens is 2. The van der Waals surface area contributed by atoms with Crippen LogP contribution >= 0.6 is 0 Å². The zero-order valence-electron chi connectivity index (χ0n) is 16.6. The van der Waals surface area contributed by atoms with Crippen molar-refractivity contribution in [3.05, 3.63) is 74.5 Å². The zero-order valence-corrected chi connectivity index (χ0v) is 16.6. The SMILES string of the molecule is CCc1cccc2c(=O)c3cc4[nH]c5c(N(C)C)cccc5c(=O)c4cc3[nH]c12. The predicted octanol–water partition coefficient (Wildman–Crippen LogP) is 4.30. The molecule has 0 spiro atoms. The molecule has 0 amide bonds. The van der Waals surface area contributed by atoms with Crippen LogP contribution in [0, 0.1) is 0 Å². The maximum Gasteiger partial charge on any atom is 0.197 e. The molecule has 0 aliphatic carbocycles. The van der Waals surface area contributed by atoms with Crippen LogP contribution in [0.3, 0.4) is 0 Å². The summed E-state index contributed by atoms with van der Waals surface area (Å²) in [4.78, 5) is 35.2. The van der Waals surface area contributed by atoms with Gasteiger partial charge in [-0.2, -0.15) is 0 Å². The molecule has 0 aliphatic heterocycles. The van der Waals surface area contributed by atoms with Crippen LogP contribution in [0.4, 0.5) is 5.69 Å². The summed E-state index contributed by atoms with van der Waals surface area (Å²) in [6.45, 7) is 2.07. The van der Waals surface area contributed by atoms with Gasteiger partial charge in [0, 0.05) is 35.6 Å². The lowest BCUT2D eigenvalue weighted by molar-refractivity contribution is 1.14. The number of fused-ring (bicyclic) bond motifs is 4. The Hall–Kier alpha value is -3.60. The first kappa shape index (κ1) is 17.5. The second-order valence-electron chi connectivity index (χ2n) is 7.64. The number of nitrogens with zero attached hydrogens (tertiary/aromatic N) is 1. The number of rotatable bonds is 2. The largest absolute Gasteiger partial charge is 0.376 e.